The minimum Gasteiger partial charge on any atom is -0.450 e. The standard InChI is InChI=1S/C11H17N3O2/c1-3-16-11(15)14-10(6-12)9-5-4-8(2)13-7-9/h4-5,7,10H,3,6,12H2,1-2H3,(H,14,15). The number of nitrogens with two attached hydrogens (primary N) is 1. The molecule has 1 rings (SSSR count). The topological polar surface area (TPSA) is 77.2 Å². The molecule has 0 aliphatic rings. The number of rotatable bonds is 4. The molecule has 16 heavy (non-hydrogen) atoms. The average Bonchev–Trinajstić information content (AvgIpc) is 2.27. The Balaban J connectivity index is 2.67. The third-order valence-corrected chi connectivity index (χ3v) is 2.14. The third kappa shape index (κ3) is 3.51. The van der Waals surface area contributed by atoms with E-state index >= 15 is 0 Å². The number of alkyl carbamates (subject to hydrolysis) is 1. The van der Waals surface area contributed by atoms with Gasteiger partial charge in [-0.15, -0.1) is 0 Å². The zero-order chi connectivity index (χ0) is 12.0. The quantitative estimate of drug-likeness (QED) is 0.802. The lowest BCUT2D eigenvalue weighted by Crippen LogP contribution is -2.33. The number of pyridine rings is 1. The number of nitrogens with one attached hydrogen (secondary N) is 1. The fourth-order valence-corrected chi connectivity index (χ4v) is 1.28. The first kappa shape index (κ1) is 12.4. The molecule has 0 saturated carbocycles. The van der Waals surface area contributed by atoms with Crippen LogP contribution in [0.3, 0.4) is 0 Å². The molecule has 0 aromatic carbocycles. The minimum atomic E-state index is -0.460. The molecular weight excluding hydrogens is 206 g/mol. The summed E-state index contributed by atoms with van der Waals surface area (Å²) in [7, 11) is 0. The second-order valence-corrected chi connectivity index (χ2v) is 3.39. The summed E-state index contributed by atoms with van der Waals surface area (Å²) in [6.07, 6.45) is 1.25. The highest BCUT2D eigenvalue weighted by atomic mass is 16.5. The van der Waals surface area contributed by atoms with Gasteiger partial charge in [0.2, 0.25) is 0 Å². The summed E-state index contributed by atoms with van der Waals surface area (Å²) in [6.45, 7) is 4.31. The number of aryl methyl sites for hydroxylation is 1. The van der Waals surface area contributed by atoms with Gasteiger partial charge >= 0.3 is 6.09 Å². The van der Waals surface area contributed by atoms with Crippen LogP contribution in [0.15, 0.2) is 18.3 Å². The van der Waals surface area contributed by atoms with Crippen molar-refractivity contribution < 1.29 is 9.53 Å². The molecule has 1 aromatic rings. The van der Waals surface area contributed by atoms with Crippen LogP contribution in [0.5, 0.6) is 0 Å². The van der Waals surface area contributed by atoms with Gasteiger partial charge in [0.15, 0.2) is 0 Å². The van der Waals surface area contributed by atoms with Gasteiger partial charge in [-0.3, -0.25) is 4.98 Å². The Morgan fingerprint density at radius 1 is 1.62 bits per heavy atom. The first-order valence-electron chi connectivity index (χ1n) is 5.23. The predicted octanol–water partition coefficient (Wildman–Crippen LogP) is 1.14. The first-order chi connectivity index (χ1) is 7.67. The molecule has 1 aromatic heterocycles. The Hall–Kier alpha value is -1.62. The molecule has 1 atom stereocenters. The lowest BCUT2D eigenvalue weighted by Gasteiger charge is -2.16. The van der Waals surface area contributed by atoms with Gasteiger partial charge in [-0.05, 0) is 25.5 Å². The lowest BCUT2D eigenvalue weighted by atomic mass is 10.1. The zero-order valence-electron chi connectivity index (χ0n) is 9.56. The van der Waals surface area contributed by atoms with Crippen molar-refractivity contribution in [3.63, 3.8) is 0 Å². The van der Waals surface area contributed by atoms with Gasteiger partial charge in [0.25, 0.3) is 0 Å². The summed E-state index contributed by atoms with van der Waals surface area (Å²) in [6, 6.07) is 3.52. The van der Waals surface area contributed by atoms with Crippen LogP contribution in [-0.4, -0.2) is 24.2 Å². The molecule has 1 unspecified atom stereocenters. The van der Waals surface area contributed by atoms with E-state index in [-0.39, 0.29) is 6.04 Å². The number of aromatic nitrogens is 1. The highest BCUT2D eigenvalue weighted by Gasteiger charge is 2.13. The predicted molar refractivity (Wildman–Crippen MR) is 60.9 cm³/mol. The fraction of sp³-hybridized carbons (Fsp3) is 0.455. The molecule has 1 heterocycles. The summed E-state index contributed by atoms with van der Waals surface area (Å²) in [5, 5.41) is 2.68. The smallest absolute Gasteiger partial charge is 0.407 e. The summed E-state index contributed by atoms with van der Waals surface area (Å²) in [5.74, 6) is 0. The van der Waals surface area contributed by atoms with Crippen LogP contribution < -0.4 is 11.1 Å². The molecule has 0 fully saturated rings. The highest BCUT2D eigenvalue weighted by molar-refractivity contribution is 5.67. The van der Waals surface area contributed by atoms with Crippen LogP contribution in [0.1, 0.15) is 24.2 Å². The van der Waals surface area contributed by atoms with E-state index in [1.165, 1.54) is 0 Å². The van der Waals surface area contributed by atoms with Crippen LogP contribution in [-0.2, 0) is 4.74 Å². The number of carbonyl (C=O) groups excluding carboxylic acids is 1. The Labute approximate surface area is 95.0 Å². The molecule has 5 heteroatoms. The summed E-state index contributed by atoms with van der Waals surface area (Å²) >= 11 is 0. The molecule has 0 saturated heterocycles. The van der Waals surface area contributed by atoms with Gasteiger partial charge in [-0.1, -0.05) is 6.07 Å². The molecule has 3 N–H and O–H groups in total. The first-order valence-corrected chi connectivity index (χ1v) is 5.23. The van der Waals surface area contributed by atoms with E-state index in [1.54, 1.807) is 13.1 Å². The van der Waals surface area contributed by atoms with E-state index in [4.69, 9.17) is 10.5 Å². The van der Waals surface area contributed by atoms with E-state index in [0.29, 0.717) is 13.2 Å². The molecule has 0 spiro atoms. The summed E-state index contributed by atoms with van der Waals surface area (Å²) in [4.78, 5) is 15.4. The van der Waals surface area contributed by atoms with E-state index in [1.807, 2.05) is 19.1 Å². The maximum Gasteiger partial charge on any atom is 0.407 e. The van der Waals surface area contributed by atoms with Crippen molar-refractivity contribution in [1.82, 2.24) is 10.3 Å². The molecule has 5 nitrogen and oxygen atoms in total. The number of nitrogens with zero attached hydrogens (tertiary/aromatic N) is 1. The Morgan fingerprint density at radius 2 is 2.38 bits per heavy atom. The van der Waals surface area contributed by atoms with Crippen molar-refractivity contribution in [2.45, 2.75) is 19.9 Å². The average molecular weight is 223 g/mol. The Bertz CT molecular complexity index is 338. The fourth-order valence-electron chi connectivity index (χ4n) is 1.28. The maximum absolute atomic E-state index is 11.2. The molecule has 0 bridgehead atoms. The van der Waals surface area contributed by atoms with E-state index in [2.05, 4.69) is 10.3 Å². The zero-order valence-corrected chi connectivity index (χ0v) is 9.56. The van der Waals surface area contributed by atoms with E-state index < -0.39 is 6.09 Å². The number of ether oxygens (including phenoxy) is 1. The van der Waals surface area contributed by atoms with Crippen molar-refractivity contribution in [2.24, 2.45) is 5.73 Å². The second kappa shape index (κ2) is 6.07. The highest BCUT2D eigenvalue weighted by Crippen LogP contribution is 2.10. The van der Waals surface area contributed by atoms with Gasteiger partial charge < -0.3 is 15.8 Å². The van der Waals surface area contributed by atoms with Crippen LogP contribution >= 0.6 is 0 Å². The molecule has 0 radical (unpaired) electrons. The third-order valence-electron chi connectivity index (χ3n) is 2.14. The van der Waals surface area contributed by atoms with Crippen molar-refractivity contribution in [3.8, 4) is 0 Å². The number of carbonyl (C=O) groups is 1. The van der Waals surface area contributed by atoms with Gasteiger partial charge in [-0.2, -0.15) is 0 Å². The molecule has 1 amide bonds. The van der Waals surface area contributed by atoms with E-state index in [0.717, 1.165) is 11.3 Å². The van der Waals surface area contributed by atoms with Gasteiger partial charge in [0.1, 0.15) is 0 Å². The second-order valence-electron chi connectivity index (χ2n) is 3.39. The SMILES string of the molecule is CCOC(=O)NC(CN)c1ccc(C)nc1. The van der Waals surface area contributed by atoms with Crippen molar-refractivity contribution in [2.75, 3.05) is 13.2 Å². The molecular formula is C11H17N3O2. The van der Waals surface area contributed by atoms with Crippen LogP contribution in [0.25, 0.3) is 0 Å². The maximum atomic E-state index is 11.2. The summed E-state index contributed by atoms with van der Waals surface area (Å²) < 4.78 is 4.79. The monoisotopic (exact) mass is 223 g/mol. The number of hydrogen-bond donors (Lipinski definition) is 2. The Morgan fingerprint density at radius 3 is 2.88 bits per heavy atom. The molecule has 0 aliphatic heterocycles. The molecule has 0 aliphatic carbocycles. The van der Waals surface area contributed by atoms with Crippen LogP contribution in [0, 0.1) is 6.92 Å². The van der Waals surface area contributed by atoms with Crippen LogP contribution in [0.4, 0.5) is 4.79 Å². The van der Waals surface area contributed by atoms with Crippen molar-refractivity contribution in [1.29, 1.82) is 0 Å². The lowest BCUT2D eigenvalue weighted by molar-refractivity contribution is 0.148. The van der Waals surface area contributed by atoms with Crippen LogP contribution in [0.2, 0.25) is 0 Å². The number of amides is 1. The Kier molecular flexibility index (Phi) is 4.72. The molecule has 88 valence electrons. The normalized spacial score (nSPS) is 11.9. The largest absolute Gasteiger partial charge is 0.450 e. The minimum absolute atomic E-state index is 0.257. The van der Waals surface area contributed by atoms with Gasteiger partial charge in [-0.25, -0.2) is 4.79 Å². The van der Waals surface area contributed by atoms with Crippen molar-refractivity contribution in [3.05, 3.63) is 29.6 Å². The van der Waals surface area contributed by atoms with Crippen molar-refractivity contribution >= 4 is 6.09 Å². The number of hydrogen-bond acceptors (Lipinski definition) is 4. The van der Waals surface area contributed by atoms with E-state index in [9.17, 15) is 4.79 Å². The summed E-state index contributed by atoms with van der Waals surface area (Å²) in [5.41, 5.74) is 7.39. The van der Waals surface area contributed by atoms with Gasteiger partial charge in [0.05, 0.1) is 12.6 Å². The van der Waals surface area contributed by atoms with Gasteiger partial charge in [0, 0.05) is 18.4 Å².